The molecule has 0 saturated carbocycles. The van der Waals surface area contributed by atoms with Gasteiger partial charge < -0.3 is 4.18 Å². The molecule has 28 heavy (non-hydrogen) atoms. The van der Waals surface area contributed by atoms with Crippen molar-refractivity contribution in [3.8, 4) is 5.75 Å². The highest BCUT2D eigenvalue weighted by atomic mass is 32.2. The fourth-order valence-electron chi connectivity index (χ4n) is 3.40. The van der Waals surface area contributed by atoms with Crippen LogP contribution in [0.2, 0.25) is 0 Å². The van der Waals surface area contributed by atoms with Gasteiger partial charge in [0.25, 0.3) is 0 Å². The molecule has 0 aliphatic carbocycles. The first-order valence-electron chi connectivity index (χ1n) is 10.7. The number of unbranched alkanes of at least 4 members (excludes halogenated alkanes) is 9. The van der Waals surface area contributed by atoms with Gasteiger partial charge in [-0.3, -0.25) is 0 Å². The van der Waals surface area contributed by atoms with E-state index in [4.69, 9.17) is 4.18 Å². The molecule has 0 aliphatic heterocycles. The van der Waals surface area contributed by atoms with Crippen LogP contribution in [0.15, 0.2) is 59.5 Å². The summed E-state index contributed by atoms with van der Waals surface area (Å²) in [5.74, 6) is 0.344. The van der Waals surface area contributed by atoms with Crippen LogP contribution in [-0.4, -0.2) is 8.42 Å². The summed E-state index contributed by atoms with van der Waals surface area (Å²) in [4.78, 5) is 0.287. The van der Waals surface area contributed by atoms with Crippen molar-refractivity contribution in [2.24, 2.45) is 0 Å². The van der Waals surface area contributed by atoms with Gasteiger partial charge in [-0.05, 0) is 36.6 Å². The zero-order valence-corrected chi connectivity index (χ0v) is 17.9. The molecule has 0 unspecified atom stereocenters. The Kier molecular flexibility index (Phi) is 10.1. The standard InChI is InChI=1S/C24H34O3S/c1-2-3-4-5-6-7-8-9-10-12-17-22-18-15-16-21-24(22)28(25,26)27-23-19-13-11-14-20-23/h11,13-16,18-21H,2-10,12,17H2,1H3. The minimum absolute atomic E-state index is 0.287. The van der Waals surface area contributed by atoms with E-state index >= 15 is 0 Å². The highest BCUT2D eigenvalue weighted by Gasteiger charge is 2.20. The molecular weight excluding hydrogens is 368 g/mol. The summed E-state index contributed by atoms with van der Waals surface area (Å²) in [6.07, 6.45) is 13.5. The van der Waals surface area contributed by atoms with E-state index in [2.05, 4.69) is 6.92 Å². The molecule has 0 fully saturated rings. The van der Waals surface area contributed by atoms with Gasteiger partial charge in [-0.15, -0.1) is 0 Å². The minimum atomic E-state index is -3.81. The second-order valence-corrected chi connectivity index (χ2v) is 8.90. The predicted octanol–water partition coefficient (Wildman–Crippen LogP) is 6.92. The van der Waals surface area contributed by atoms with E-state index in [9.17, 15) is 8.42 Å². The lowest BCUT2D eigenvalue weighted by Gasteiger charge is -2.11. The van der Waals surface area contributed by atoms with Crippen LogP contribution in [0.5, 0.6) is 5.75 Å². The molecule has 0 saturated heterocycles. The maximum Gasteiger partial charge on any atom is 0.339 e. The Morgan fingerprint density at radius 3 is 1.86 bits per heavy atom. The number of hydrogen-bond acceptors (Lipinski definition) is 3. The average Bonchev–Trinajstić information content (AvgIpc) is 2.70. The third kappa shape index (κ3) is 8.05. The molecule has 4 heteroatoms. The molecule has 0 heterocycles. The van der Waals surface area contributed by atoms with Crippen LogP contribution < -0.4 is 4.18 Å². The fraction of sp³-hybridized carbons (Fsp3) is 0.500. The van der Waals surface area contributed by atoms with Crippen LogP contribution >= 0.6 is 0 Å². The van der Waals surface area contributed by atoms with Crippen LogP contribution in [-0.2, 0) is 16.5 Å². The first-order valence-corrected chi connectivity index (χ1v) is 12.1. The van der Waals surface area contributed by atoms with Crippen molar-refractivity contribution in [1.82, 2.24) is 0 Å². The number of aryl methyl sites for hydroxylation is 1. The summed E-state index contributed by atoms with van der Waals surface area (Å²) in [5, 5.41) is 0. The molecule has 0 aromatic heterocycles. The summed E-state index contributed by atoms with van der Waals surface area (Å²) >= 11 is 0. The monoisotopic (exact) mass is 402 g/mol. The smallest absolute Gasteiger partial charge is 0.339 e. The lowest BCUT2D eigenvalue weighted by Crippen LogP contribution is -2.12. The van der Waals surface area contributed by atoms with Gasteiger partial charge in [-0.2, -0.15) is 8.42 Å². The molecule has 154 valence electrons. The van der Waals surface area contributed by atoms with Gasteiger partial charge in [0.15, 0.2) is 0 Å². The first-order chi connectivity index (χ1) is 13.6. The Labute approximate surface area is 171 Å². The molecule has 0 bridgehead atoms. The van der Waals surface area contributed by atoms with E-state index in [-0.39, 0.29) is 4.90 Å². The quantitative estimate of drug-likeness (QED) is 0.254. The Hall–Kier alpha value is -1.81. The topological polar surface area (TPSA) is 43.4 Å². The second-order valence-electron chi connectivity index (χ2n) is 7.39. The molecule has 0 amide bonds. The van der Waals surface area contributed by atoms with Gasteiger partial charge in [0, 0.05) is 0 Å². The van der Waals surface area contributed by atoms with Gasteiger partial charge in [-0.1, -0.05) is 101 Å². The summed E-state index contributed by atoms with van der Waals surface area (Å²) < 4.78 is 30.7. The number of hydrogen-bond donors (Lipinski definition) is 0. The third-order valence-corrected chi connectivity index (χ3v) is 6.34. The second kappa shape index (κ2) is 12.6. The van der Waals surface area contributed by atoms with Crippen molar-refractivity contribution in [2.75, 3.05) is 0 Å². The number of benzene rings is 2. The zero-order chi connectivity index (χ0) is 20.1. The summed E-state index contributed by atoms with van der Waals surface area (Å²) in [7, 11) is -3.81. The number of rotatable bonds is 14. The Morgan fingerprint density at radius 1 is 0.679 bits per heavy atom. The maximum absolute atomic E-state index is 12.7. The van der Waals surface area contributed by atoms with E-state index in [0.29, 0.717) is 5.75 Å². The van der Waals surface area contributed by atoms with Crippen LogP contribution in [0.25, 0.3) is 0 Å². The average molecular weight is 403 g/mol. The van der Waals surface area contributed by atoms with E-state index in [1.54, 1.807) is 36.4 Å². The highest BCUT2D eigenvalue weighted by Crippen LogP contribution is 2.23. The van der Waals surface area contributed by atoms with Crippen molar-refractivity contribution in [3.05, 3.63) is 60.2 Å². The lowest BCUT2D eigenvalue weighted by molar-refractivity contribution is 0.484. The van der Waals surface area contributed by atoms with E-state index in [1.165, 1.54) is 51.4 Å². The molecule has 2 rings (SSSR count). The summed E-state index contributed by atoms with van der Waals surface area (Å²) in [6.45, 7) is 2.25. The van der Waals surface area contributed by atoms with E-state index < -0.39 is 10.1 Å². The Bertz CT molecular complexity index is 769. The van der Waals surface area contributed by atoms with E-state index in [0.717, 1.165) is 24.8 Å². The van der Waals surface area contributed by atoms with Crippen molar-refractivity contribution in [2.45, 2.75) is 82.4 Å². The fourth-order valence-corrected chi connectivity index (χ4v) is 4.60. The Morgan fingerprint density at radius 2 is 1.21 bits per heavy atom. The van der Waals surface area contributed by atoms with Crippen molar-refractivity contribution >= 4 is 10.1 Å². The highest BCUT2D eigenvalue weighted by molar-refractivity contribution is 7.87. The van der Waals surface area contributed by atoms with Gasteiger partial charge in [0.05, 0.1) is 0 Å². The molecule has 0 aliphatic rings. The molecule has 0 N–H and O–H groups in total. The molecule has 2 aromatic carbocycles. The normalized spacial score (nSPS) is 11.5. The van der Waals surface area contributed by atoms with Crippen molar-refractivity contribution in [1.29, 1.82) is 0 Å². The van der Waals surface area contributed by atoms with Gasteiger partial charge in [-0.25, -0.2) is 0 Å². The van der Waals surface area contributed by atoms with Gasteiger partial charge >= 0.3 is 10.1 Å². The van der Waals surface area contributed by atoms with Gasteiger partial charge in [0.1, 0.15) is 10.6 Å². The molecule has 0 spiro atoms. The van der Waals surface area contributed by atoms with Crippen molar-refractivity contribution < 1.29 is 12.6 Å². The number of para-hydroxylation sites is 1. The van der Waals surface area contributed by atoms with Crippen LogP contribution in [0.3, 0.4) is 0 Å². The van der Waals surface area contributed by atoms with Crippen LogP contribution in [0.4, 0.5) is 0 Å². The first kappa shape index (κ1) is 22.5. The zero-order valence-electron chi connectivity index (χ0n) is 17.1. The maximum atomic E-state index is 12.7. The van der Waals surface area contributed by atoms with Crippen LogP contribution in [0.1, 0.15) is 76.7 Å². The summed E-state index contributed by atoms with van der Waals surface area (Å²) in [5.41, 5.74) is 0.845. The Balaban J connectivity index is 1.77. The molecule has 2 aromatic rings. The molecule has 0 atom stereocenters. The summed E-state index contributed by atoms with van der Waals surface area (Å²) in [6, 6.07) is 15.9. The molecule has 0 radical (unpaired) electrons. The minimum Gasteiger partial charge on any atom is -0.379 e. The van der Waals surface area contributed by atoms with E-state index in [1.807, 2.05) is 18.2 Å². The SMILES string of the molecule is CCCCCCCCCCCCc1ccccc1S(=O)(=O)Oc1ccccc1. The molecule has 3 nitrogen and oxygen atoms in total. The molecular formula is C24H34O3S. The van der Waals surface area contributed by atoms with Crippen molar-refractivity contribution in [3.63, 3.8) is 0 Å². The lowest BCUT2D eigenvalue weighted by atomic mass is 10.0. The van der Waals surface area contributed by atoms with Crippen LogP contribution in [0, 0.1) is 0 Å². The largest absolute Gasteiger partial charge is 0.379 e. The van der Waals surface area contributed by atoms with Gasteiger partial charge in [0.2, 0.25) is 0 Å². The third-order valence-electron chi connectivity index (χ3n) is 4.99. The predicted molar refractivity (Wildman–Crippen MR) is 116 cm³/mol.